The number of aromatic nitrogens is 1. The first kappa shape index (κ1) is 23.4. The summed E-state index contributed by atoms with van der Waals surface area (Å²) in [4.78, 5) is 19.3. The number of ether oxygens (including phenoxy) is 2. The first-order valence-corrected chi connectivity index (χ1v) is 12.4. The molecule has 0 fully saturated rings. The lowest BCUT2D eigenvalue weighted by Crippen LogP contribution is -2.11. The van der Waals surface area contributed by atoms with Crippen molar-refractivity contribution in [2.24, 2.45) is 0 Å². The number of benzene rings is 3. The van der Waals surface area contributed by atoms with Gasteiger partial charge in [-0.15, -0.1) is 11.3 Å². The van der Waals surface area contributed by atoms with Crippen molar-refractivity contribution in [3.8, 4) is 33.9 Å². The fourth-order valence-electron chi connectivity index (χ4n) is 4.03. The molecule has 5 aromatic rings. The number of thiophene rings is 1. The van der Waals surface area contributed by atoms with Crippen molar-refractivity contribution in [1.82, 2.24) is 4.98 Å². The molecule has 0 saturated heterocycles. The maximum absolute atomic E-state index is 13.2. The number of carbonyl (C=O) groups is 1. The number of amides is 1. The number of hydrogen-bond acceptors (Lipinski definition) is 6. The number of anilines is 2. The van der Waals surface area contributed by atoms with Gasteiger partial charge in [0, 0.05) is 16.6 Å². The van der Waals surface area contributed by atoms with Gasteiger partial charge in [-0.2, -0.15) is 0 Å². The molecule has 2 aromatic heterocycles. The van der Waals surface area contributed by atoms with Crippen LogP contribution in [0.5, 0.6) is 11.5 Å². The molecule has 0 radical (unpaired) electrons. The van der Waals surface area contributed by atoms with Crippen LogP contribution in [0.1, 0.15) is 16.6 Å². The number of nitrogens with zero attached hydrogens (tertiary/aromatic N) is 1. The Bertz CT molecular complexity index is 1510. The summed E-state index contributed by atoms with van der Waals surface area (Å²) >= 11 is 1.29. The molecule has 180 valence electrons. The fourth-order valence-corrected chi connectivity index (χ4v) is 5.05. The molecule has 36 heavy (non-hydrogen) atoms. The van der Waals surface area contributed by atoms with Gasteiger partial charge in [0.1, 0.15) is 21.2 Å². The highest BCUT2D eigenvalue weighted by molar-refractivity contribution is 7.21. The Kier molecular flexibility index (Phi) is 6.56. The average molecular weight is 496 g/mol. The fraction of sp³-hybridized carbons (Fsp3) is 0.103. The van der Waals surface area contributed by atoms with Crippen molar-refractivity contribution in [3.63, 3.8) is 0 Å². The minimum absolute atomic E-state index is 0.273. The third-order valence-corrected chi connectivity index (χ3v) is 6.90. The van der Waals surface area contributed by atoms with Crippen LogP contribution in [-0.2, 0) is 0 Å². The monoisotopic (exact) mass is 495 g/mol. The maximum atomic E-state index is 13.2. The van der Waals surface area contributed by atoms with Gasteiger partial charge in [0.05, 0.1) is 25.1 Å². The van der Waals surface area contributed by atoms with E-state index in [2.05, 4.69) is 5.32 Å². The summed E-state index contributed by atoms with van der Waals surface area (Å²) in [6.45, 7) is 2.51. The number of nitrogen functional groups attached to an aromatic ring is 1. The molecule has 3 aromatic carbocycles. The number of hydrogen-bond donors (Lipinski definition) is 2. The minimum atomic E-state index is -0.273. The Balaban J connectivity index is 1.58. The second-order valence-electron chi connectivity index (χ2n) is 8.09. The largest absolute Gasteiger partial charge is 0.497 e. The van der Waals surface area contributed by atoms with Crippen molar-refractivity contribution < 1.29 is 14.3 Å². The molecule has 5 rings (SSSR count). The first-order chi connectivity index (χ1) is 17.6. The summed E-state index contributed by atoms with van der Waals surface area (Å²) in [7, 11) is 1.64. The van der Waals surface area contributed by atoms with E-state index in [1.165, 1.54) is 11.3 Å². The summed E-state index contributed by atoms with van der Waals surface area (Å²) in [5.74, 6) is 1.25. The van der Waals surface area contributed by atoms with E-state index in [-0.39, 0.29) is 5.91 Å². The number of fused-ring (bicyclic) bond motifs is 1. The van der Waals surface area contributed by atoms with Crippen LogP contribution in [0.2, 0.25) is 0 Å². The zero-order chi connectivity index (χ0) is 25.1. The van der Waals surface area contributed by atoms with Gasteiger partial charge in [0.2, 0.25) is 0 Å². The SMILES string of the molecule is CCOc1ccc(NC(=O)c2sc3nc(-c4ccc(OC)cc4)cc(-c4ccccc4)c3c2N)cc1. The summed E-state index contributed by atoms with van der Waals surface area (Å²) in [5, 5.41) is 3.72. The molecule has 2 heterocycles. The topological polar surface area (TPSA) is 86.5 Å². The van der Waals surface area contributed by atoms with Crippen LogP contribution >= 0.6 is 11.3 Å². The second-order valence-corrected chi connectivity index (χ2v) is 9.09. The lowest BCUT2D eigenvalue weighted by molar-refractivity contribution is 0.103. The van der Waals surface area contributed by atoms with Crippen molar-refractivity contribution in [2.75, 3.05) is 24.8 Å². The highest BCUT2D eigenvalue weighted by Gasteiger charge is 2.22. The van der Waals surface area contributed by atoms with Crippen LogP contribution in [0.25, 0.3) is 32.6 Å². The quantitative estimate of drug-likeness (QED) is 0.257. The van der Waals surface area contributed by atoms with E-state index in [1.807, 2.05) is 91.9 Å². The van der Waals surface area contributed by atoms with E-state index >= 15 is 0 Å². The zero-order valence-electron chi connectivity index (χ0n) is 19.9. The molecule has 7 heteroatoms. The smallest absolute Gasteiger partial charge is 0.267 e. The molecule has 6 nitrogen and oxygen atoms in total. The van der Waals surface area contributed by atoms with E-state index in [4.69, 9.17) is 20.2 Å². The molecule has 0 aliphatic heterocycles. The Labute approximate surface area is 213 Å². The number of methoxy groups -OCH3 is 1. The highest BCUT2D eigenvalue weighted by atomic mass is 32.1. The zero-order valence-corrected chi connectivity index (χ0v) is 20.8. The minimum Gasteiger partial charge on any atom is -0.497 e. The Morgan fingerprint density at radius 1 is 0.944 bits per heavy atom. The van der Waals surface area contributed by atoms with E-state index < -0.39 is 0 Å². The summed E-state index contributed by atoms with van der Waals surface area (Å²) in [6.07, 6.45) is 0. The number of pyridine rings is 1. The van der Waals surface area contributed by atoms with Gasteiger partial charge in [-0.25, -0.2) is 4.98 Å². The van der Waals surface area contributed by atoms with Crippen LogP contribution in [0.3, 0.4) is 0 Å². The molecule has 0 unspecified atom stereocenters. The van der Waals surface area contributed by atoms with E-state index in [1.54, 1.807) is 7.11 Å². The van der Waals surface area contributed by atoms with Crippen molar-refractivity contribution in [2.45, 2.75) is 6.92 Å². The van der Waals surface area contributed by atoms with E-state index in [0.29, 0.717) is 27.7 Å². The Hall–Kier alpha value is -4.36. The van der Waals surface area contributed by atoms with Crippen LogP contribution in [0.15, 0.2) is 84.9 Å². The standard InChI is InChI=1S/C29H25N3O3S/c1-3-35-22-15-11-20(12-16-22)31-28(33)27-26(30)25-23(18-7-5-4-6-8-18)17-24(32-29(25)36-27)19-9-13-21(34-2)14-10-19/h4-17H,3,30H2,1-2H3,(H,31,33). The van der Waals surface area contributed by atoms with Crippen LogP contribution < -0.4 is 20.5 Å². The van der Waals surface area contributed by atoms with Crippen LogP contribution in [0.4, 0.5) is 11.4 Å². The number of rotatable bonds is 7. The van der Waals surface area contributed by atoms with Crippen molar-refractivity contribution in [3.05, 3.63) is 89.8 Å². The molecule has 0 saturated carbocycles. The van der Waals surface area contributed by atoms with Gasteiger partial charge in [-0.3, -0.25) is 4.79 Å². The predicted octanol–water partition coefficient (Wildman–Crippen LogP) is 6.87. The summed E-state index contributed by atoms with van der Waals surface area (Å²) in [6, 6.07) is 27.0. The third-order valence-electron chi connectivity index (χ3n) is 5.80. The average Bonchev–Trinajstić information content (AvgIpc) is 3.26. The Morgan fingerprint density at radius 2 is 1.64 bits per heavy atom. The summed E-state index contributed by atoms with van der Waals surface area (Å²) in [5.41, 5.74) is 11.4. The van der Waals surface area contributed by atoms with Gasteiger partial charge < -0.3 is 20.5 Å². The van der Waals surface area contributed by atoms with E-state index in [0.717, 1.165) is 39.3 Å². The number of carbonyl (C=O) groups excluding carboxylic acids is 1. The summed E-state index contributed by atoms with van der Waals surface area (Å²) < 4.78 is 10.8. The molecular formula is C29H25N3O3S. The third kappa shape index (κ3) is 4.61. The predicted molar refractivity (Wildman–Crippen MR) is 147 cm³/mol. The highest BCUT2D eigenvalue weighted by Crippen LogP contribution is 2.41. The lowest BCUT2D eigenvalue weighted by atomic mass is 9.99. The van der Waals surface area contributed by atoms with Crippen LogP contribution in [-0.4, -0.2) is 24.6 Å². The van der Waals surface area contributed by atoms with Gasteiger partial charge in [-0.05, 0) is 72.6 Å². The van der Waals surface area contributed by atoms with Gasteiger partial charge >= 0.3 is 0 Å². The molecule has 3 N–H and O–H groups in total. The Morgan fingerprint density at radius 3 is 2.31 bits per heavy atom. The maximum Gasteiger partial charge on any atom is 0.267 e. The van der Waals surface area contributed by atoms with Crippen molar-refractivity contribution in [1.29, 1.82) is 0 Å². The van der Waals surface area contributed by atoms with Crippen molar-refractivity contribution >= 4 is 38.8 Å². The van der Waals surface area contributed by atoms with E-state index in [9.17, 15) is 4.79 Å². The number of nitrogens with one attached hydrogen (secondary N) is 1. The van der Waals surface area contributed by atoms with Crippen LogP contribution in [0, 0.1) is 0 Å². The molecule has 0 atom stereocenters. The lowest BCUT2D eigenvalue weighted by Gasteiger charge is -2.09. The molecular weight excluding hydrogens is 470 g/mol. The normalized spacial score (nSPS) is 10.8. The first-order valence-electron chi connectivity index (χ1n) is 11.5. The molecule has 0 aliphatic carbocycles. The number of nitrogens with two attached hydrogens (primary N) is 1. The molecule has 0 spiro atoms. The molecule has 1 amide bonds. The molecule has 0 aliphatic rings. The van der Waals surface area contributed by atoms with Gasteiger partial charge in [0.15, 0.2) is 0 Å². The molecule has 0 bridgehead atoms. The van der Waals surface area contributed by atoms with Gasteiger partial charge in [-0.1, -0.05) is 30.3 Å². The van der Waals surface area contributed by atoms with Gasteiger partial charge in [0.25, 0.3) is 5.91 Å². The second kappa shape index (κ2) is 10.1.